The van der Waals surface area contributed by atoms with Gasteiger partial charge < -0.3 is 15.0 Å². The molecule has 1 N–H and O–H groups in total. The molecule has 22 heavy (non-hydrogen) atoms. The van der Waals surface area contributed by atoms with Crippen LogP contribution in [0.5, 0.6) is 0 Å². The van der Waals surface area contributed by atoms with Crippen molar-refractivity contribution in [2.75, 3.05) is 52.5 Å². The highest BCUT2D eigenvalue weighted by molar-refractivity contribution is 5.80. The Balaban J connectivity index is 1.87. The number of hydrogen-bond acceptors (Lipinski definition) is 3. The molecule has 128 valence electrons. The fraction of sp³-hybridized carbons (Fsp3) is 0.941. The molecule has 0 aromatic carbocycles. The molecular weight excluding hydrogens is 276 g/mol. The van der Waals surface area contributed by atoms with Crippen molar-refractivity contribution in [3.8, 4) is 0 Å². The molecule has 2 aliphatic heterocycles. The SMILES string of the molecule is CCNC(=NCCN1CCOCC1C)N1CCC(C)(CC)C1. The molecular formula is C17H34N4O. The van der Waals surface area contributed by atoms with Crippen molar-refractivity contribution in [3.63, 3.8) is 0 Å². The van der Waals surface area contributed by atoms with Gasteiger partial charge in [0, 0.05) is 38.8 Å². The van der Waals surface area contributed by atoms with Gasteiger partial charge in [-0.25, -0.2) is 0 Å². The third kappa shape index (κ3) is 4.59. The molecule has 2 atom stereocenters. The zero-order valence-electron chi connectivity index (χ0n) is 14.9. The summed E-state index contributed by atoms with van der Waals surface area (Å²) in [4.78, 5) is 9.80. The van der Waals surface area contributed by atoms with Crippen LogP contribution < -0.4 is 5.32 Å². The van der Waals surface area contributed by atoms with Crippen LogP contribution in [0.3, 0.4) is 0 Å². The molecule has 0 aliphatic carbocycles. The number of aliphatic imine (C=N–C) groups is 1. The number of likely N-dealkylation sites (tertiary alicyclic amines) is 1. The summed E-state index contributed by atoms with van der Waals surface area (Å²) in [7, 11) is 0. The first kappa shape index (κ1) is 17.5. The molecule has 5 heteroatoms. The lowest BCUT2D eigenvalue weighted by Gasteiger charge is -2.32. The smallest absolute Gasteiger partial charge is 0.193 e. The highest BCUT2D eigenvalue weighted by Gasteiger charge is 2.33. The first-order chi connectivity index (χ1) is 10.6. The average Bonchev–Trinajstić information content (AvgIpc) is 2.91. The molecule has 2 saturated heterocycles. The number of ether oxygens (including phenoxy) is 1. The van der Waals surface area contributed by atoms with Crippen molar-refractivity contribution in [3.05, 3.63) is 0 Å². The van der Waals surface area contributed by atoms with E-state index in [9.17, 15) is 0 Å². The molecule has 0 aromatic heterocycles. The number of hydrogen-bond donors (Lipinski definition) is 1. The number of nitrogens with one attached hydrogen (secondary N) is 1. The minimum absolute atomic E-state index is 0.453. The van der Waals surface area contributed by atoms with Crippen molar-refractivity contribution in [1.29, 1.82) is 0 Å². The summed E-state index contributed by atoms with van der Waals surface area (Å²) in [6.07, 6.45) is 2.52. The van der Waals surface area contributed by atoms with Gasteiger partial charge in [0.25, 0.3) is 0 Å². The van der Waals surface area contributed by atoms with E-state index in [1.165, 1.54) is 12.8 Å². The summed E-state index contributed by atoms with van der Waals surface area (Å²) >= 11 is 0. The monoisotopic (exact) mass is 310 g/mol. The minimum Gasteiger partial charge on any atom is -0.379 e. The van der Waals surface area contributed by atoms with Gasteiger partial charge in [-0.3, -0.25) is 9.89 Å². The largest absolute Gasteiger partial charge is 0.379 e. The molecule has 2 fully saturated rings. The average molecular weight is 310 g/mol. The van der Waals surface area contributed by atoms with E-state index in [2.05, 4.69) is 42.8 Å². The van der Waals surface area contributed by atoms with Gasteiger partial charge in [0.15, 0.2) is 5.96 Å². The lowest BCUT2D eigenvalue weighted by Crippen LogP contribution is -2.45. The van der Waals surface area contributed by atoms with E-state index in [1.807, 2.05) is 0 Å². The van der Waals surface area contributed by atoms with Crippen molar-refractivity contribution >= 4 is 5.96 Å². The quantitative estimate of drug-likeness (QED) is 0.621. The highest BCUT2D eigenvalue weighted by atomic mass is 16.5. The van der Waals surface area contributed by atoms with E-state index in [0.717, 1.165) is 58.4 Å². The second kappa shape index (κ2) is 8.16. The van der Waals surface area contributed by atoms with Gasteiger partial charge in [0.2, 0.25) is 0 Å². The molecule has 0 radical (unpaired) electrons. The third-order valence-corrected chi connectivity index (χ3v) is 5.20. The number of nitrogens with zero attached hydrogens (tertiary/aromatic N) is 3. The Hall–Kier alpha value is -0.810. The van der Waals surface area contributed by atoms with Crippen molar-refractivity contribution in [2.45, 2.75) is 46.6 Å². The Labute approximate surface area is 136 Å². The Morgan fingerprint density at radius 1 is 1.36 bits per heavy atom. The summed E-state index contributed by atoms with van der Waals surface area (Å²) in [6.45, 7) is 16.9. The molecule has 2 heterocycles. The van der Waals surface area contributed by atoms with Crippen LogP contribution in [0.2, 0.25) is 0 Å². The maximum atomic E-state index is 5.50. The van der Waals surface area contributed by atoms with Crippen LogP contribution in [0, 0.1) is 5.41 Å². The third-order valence-electron chi connectivity index (χ3n) is 5.20. The molecule has 0 aromatic rings. The van der Waals surface area contributed by atoms with Crippen LogP contribution in [0.25, 0.3) is 0 Å². The fourth-order valence-electron chi connectivity index (χ4n) is 3.30. The Bertz CT molecular complexity index is 374. The second-order valence-electron chi connectivity index (χ2n) is 7.03. The van der Waals surface area contributed by atoms with Crippen LogP contribution in [-0.2, 0) is 4.74 Å². The van der Waals surface area contributed by atoms with E-state index >= 15 is 0 Å². The van der Waals surface area contributed by atoms with Crippen molar-refractivity contribution in [1.82, 2.24) is 15.1 Å². The van der Waals surface area contributed by atoms with Gasteiger partial charge in [-0.15, -0.1) is 0 Å². The molecule has 5 nitrogen and oxygen atoms in total. The Morgan fingerprint density at radius 2 is 2.18 bits per heavy atom. The van der Waals surface area contributed by atoms with E-state index in [0.29, 0.717) is 11.5 Å². The number of morpholine rings is 1. The summed E-state index contributed by atoms with van der Waals surface area (Å²) < 4.78 is 5.50. The van der Waals surface area contributed by atoms with Crippen molar-refractivity contribution < 1.29 is 4.74 Å². The first-order valence-electron chi connectivity index (χ1n) is 8.93. The lowest BCUT2D eigenvalue weighted by atomic mass is 9.87. The van der Waals surface area contributed by atoms with Crippen LogP contribution in [-0.4, -0.2) is 74.3 Å². The molecule has 2 rings (SSSR count). The summed E-state index contributed by atoms with van der Waals surface area (Å²) in [5.74, 6) is 1.10. The number of rotatable bonds is 5. The highest BCUT2D eigenvalue weighted by Crippen LogP contribution is 2.32. The van der Waals surface area contributed by atoms with Crippen molar-refractivity contribution in [2.24, 2.45) is 10.4 Å². The van der Waals surface area contributed by atoms with E-state index in [1.54, 1.807) is 0 Å². The molecule has 0 spiro atoms. The second-order valence-corrected chi connectivity index (χ2v) is 7.03. The van der Waals surface area contributed by atoms with Gasteiger partial charge in [-0.05, 0) is 32.1 Å². The van der Waals surface area contributed by atoms with Crippen LogP contribution in [0.1, 0.15) is 40.5 Å². The zero-order chi connectivity index (χ0) is 16.0. The maximum Gasteiger partial charge on any atom is 0.193 e. The summed E-state index contributed by atoms with van der Waals surface area (Å²) in [5.41, 5.74) is 0.453. The predicted octanol–water partition coefficient (Wildman–Crippen LogP) is 1.79. The van der Waals surface area contributed by atoms with Gasteiger partial charge in [0.1, 0.15) is 0 Å². The van der Waals surface area contributed by atoms with Gasteiger partial charge >= 0.3 is 0 Å². The van der Waals surface area contributed by atoms with Crippen LogP contribution in [0.4, 0.5) is 0 Å². The molecule has 2 aliphatic rings. The normalized spacial score (nSPS) is 30.8. The lowest BCUT2D eigenvalue weighted by molar-refractivity contribution is 0.00139. The standard InChI is InChI=1S/C17H34N4O/c1-5-17(4)7-9-21(14-17)16(18-6-2)19-8-10-20-11-12-22-13-15(20)3/h15H,5-14H2,1-4H3,(H,18,19). The predicted molar refractivity (Wildman–Crippen MR) is 92.4 cm³/mol. The zero-order valence-corrected chi connectivity index (χ0v) is 14.9. The molecule has 0 bridgehead atoms. The topological polar surface area (TPSA) is 40.1 Å². The Morgan fingerprint density at radius 3 is 2.82 bits per heavy atom. The van der Waals surface area contributed by atoms with E-state index in [-0.39, 0.29) is 0 Å². The van der Waals surface area contributed by atoms with E-state index in [4.69, 9.17) is 9.73 Å². The molecule has 0 amide bonds. The van der Waals surface area contributed by atoms with Gasteiger partial charge in [-0.1, -0.05) is 13.8 Å². The van der Waals surface area contributed by atoms with Gasteiger partial charge in [-0.2, -0.15) is 0 Å². The summed E-state index contributed by atoms with van der Waals surface area (Å²) in [5, 5.41) is 3.47. The number of guanidine groups is 1. The molecule has 0 saturated carbocycles. The first-order valence-corrected chi connectivity index (χ1v) is 8.93. The van der Waals surface area contributed by atoms with Crippen LogP contribution >= 0.6 is 0 Å². The fourth-order valence-corrected chi connectivity index (χ4v) is 3.30. The van der Waals surface area contributed by atoms with E-state index < -0.39 is 0 Å². The van der Waals surface area contributed by atoms with Crippen LogP contribution in [0.15, 0.2) is 4.99 Å². The Kier molecular flexibility index (Phi) is 6.50. The molecule has 2 unspecified atom stereocenters. The van der Waals surface area contributed by atoms with Gasteiger partial charge in [0.05, 0.1) is 19.8 Å². The maximum absolute atomic E-state index is 5.50. The summed E-state index contributed by atoms with van der Waals surface area (Å²) in [6, 6.07) is 0.515. The minimum atomic E-state index is 0.453.